The highest BCUT2D eigenvalue weighted by Crippen LogP contribution is 2.18. The zero-order valence-corrected chi connectivity index (χ0v) is 10.1. The molecule has 18 heavy (non-hydrogen) atoms. The number of benzene rings is 1. The fraction of sp³-hybridized carbons (Fsp3) is 0.385. The Labute approximate surface area is 106 Å². The third-order valence-corrected chi connectivity index (χ3v) is 3.16. The Kier molecular flexibility index (Phi) is 3.08. The van der Waals surface area contributed by atoms with Crippen LogP contribution < -0.4 is 5.73 Å². The number of nitrogens with zero attached hydrogens (tertiary/aromatic N) is 3. The van der Waals surface area contributed by atoms with Crippen molar-refractivity contribution in [3.05, 3.63) is 36.2 Å². The molecular weight excluding hydrogens is 228 g/mol. The second kappa shape index (κ2) is 4.88. The molecule has 5 heteroatoms. The van der Waals surface area contributed by atoms with Crippen LogP contribution in [-0.4, -0.2) is 34.2 Å². The van der Waals surface area contributed by atoms with Crippen molar-refractivity contribution in [1.82, 2.24) is 15.1 Å². The quantitative estimate of drug-likeness (QED) is 0.880. The van der Waals surface area contributed by atoms with Crippen LogP contribution in [0.2, 0.25) is 0 Å². The molecule has 2 aromatic rings. The summed E-state index contributed by atoms with van der Waals surface area (Å²) in [6, 6.07) is 10.1. The van der Waals surface area contributed by atoms with E-state index in [1.807, 2.05) is 30.3 Å². The van der Waals surface area contributed by atoms with Gasteiger partial charge in [0, 0.05) is 24.7 Å². The maximum atomic E-state index is 5.87. The summed E-state index contributed by atoms with van der Waals surface area (Å²) in [5.41, 5.74) is 6.82. The van der Waals surface area contributed by atoms with Gasteiger partial charge >= 0.3 is 0 Å². The van der Waals surface area contributed by atoms with Crippen molar-refractivity contribution in [3.8, 4) is 11.5 Å². The SMILES string of the molecule is N[C@@H]1CCN(Cc2nnc(-c3ccccc3)o2)C1. The van der Waals surface area contributed by atoms with Crippen LogP contribution in [0.4, 0.5) is 0 Å². The minimum absolute atomic E-state index is 0.279. The van der Waals surface area contributed by atoms with Gasteiger partial charge in [-0.1, -0.05) is 18.2 Å². The largest absolute Gasteiger partial charge is 0.419 e. The van der Waals surface area contributed by atoms with Crippen LogP contribution in [0.15, 0.2) is 34.7 Å². The van der Waals surface area contributed by atoms with E-state index in [1.165, 1.54) is 0 Å². The maximum absolute atomic E-state index is 5.87. The summed E-state index contributed by atoms with van der Waals surface area (Å²) >= 11 is 0. The topological polar surface area (TPSA) is 68.2 Å². The van der Waals surface area contributed by atoms with Gasteiger partial charge < -0.3 is 10.2 Å². The lowest BCUT2D eigenvalue weighted by Crippen LogP contribution is -2.26. The van der Waals surface area contributed by atoms with E-state index in [-0.39, 0.29) is 6.04 Å². The molecule has 94 valence electrons. The zero-order chi connectivity index (χ0) is 12.4. The Morgan fingerprint density at radius 2 is 2.11 bits per heavy atom. The summed E-state index contributed by atoms with van der Waals surface area (Å²) in [5.74, 6) is 1.23. The zero-order valence-electron chi connectivity index (χ0n) is 10.1. The van der Waals surface area contributed by atoms with Crippen LogP contribution in [0.5, 0.6) is 0 Å². The number of rotatable bonds is 3. The lowest BCUT2D eigenvalue weighted by Gasteiger charge is -2.11. The van der Waals surface area contributed by atoms with E-state index in [1.54, 1.807) is 0 Å². The standard InChI is InChI=1S/C13H16N4O/c14-11-6-7-17(8-11)9-12-15-16-13(18-12)10-4-2-1-3-5-10/h1-5,11H,6-9,14H2/t11-/m1/s1. The lowest BCUT2D eigenvalue weighted by atomic mass is 10.2. The van der Waals surface area contributed by atoms with Crippen molar-refractivity contribution in [2.24, 2.45) is 5.73 Å². The minimum atomic E-state index is 0.279. The Hall–Kier alpha value is -1.72. The van der Waals surface area contributed by atoms with Gasteiger partial charge in [0.15, 0.2) is 0 Å². The highest BCUT2D eigenvalue weighted by Gasteiger charge is 2.21. The molecule has 0 aliphatic carbocycles. The summed E-state index contributed by atoms with van der Waals surface area (Å²) in [6.07, 6.45) is 1.04. The molecule has 1 saturated heterocycles. The first-order chi connectivity index (χ1) is 8.81. The van der Waals surface area contributed by atoms with Crippen LogP contribution in [0, 0.1) is 0 Å². The highest BCUT2D eigenvalue weighted by atomic mass is 16.4. The molecule has 0 unspecified atom stereocenters. The number of hydrogen-bond acceptors (Lipinski definition) is 5. The van der Waals surface area contributed by atoms with E-state index in [4.69, 9.17) is 10.2 Å². The fourth-order valence-electron chi connectivity index (χ4n) is 2.21. The van der Waals surface area contributed by atoms with Gasteiger partial charge in [0.1, 0.15) is 0 Å². The van der Waals surface area contributed by atoms with Gasteiger partial charge in [0.25, 0.3) is 0 Å². The molecule has 5 nitrogen and oxygen atoms in total. The van der Waals surface area contributed by atoms with Crippen molar-refractivity contribution in [1.29, 1.82) is 0 Å². The molecule has 1 aliphatic heterocycles. The molecule has 1 aromatic carbocycles. The van der Waals surface area contributed by atoms with E-state index < -0.39 is 0 Å². The van der Waals surface area contributed by atoms with Crippen molar-refractivity contribution in [2.45, 2.75) is 19.0 Å². The third-order valence-electron chi connectivity index (χ3n) is 3.16. The van der Waals surface area contributed by atoms with Crippen molar-refractivity contribution >= 4 is 0 Å². The van der Waals surface area contributed by atoms with Crippen LogP contribution in [0.3, 0.4) is 0 Å². The smallest absolute Gasteiger partial charge is 0.247 e. The van der Waals surface area contributed by atoms with Gasteiger partial charge in [-0.15, -0.1) is 10.2 Å². The van der Waals surface area contributed by atoms with Crippen molar-refractivity contribution < 1.29 is 4.42 Å². The Bertz CT molecular complexity index is 511. The van der Waals surface area contributed by atoms with Gasteiger partial charge in [-0.2, -0.15) is 0 Å². The summed E-state index contributed by atoms with van der Waals surface area (Å²) in [4.78, 5) is 2.24. The fourth-order valence-corrected chi connectivity index (χ4v) is 2.21. The molecule has 1 fully saturated rings. The number of hydrogen-bond donors (Lipinski definition) is 1. The maximum Gasteiger partial charge on any atom is 0.247 e. The van der Waals surface area contributed by atoms with Crippen LogP contribution in [0.25, 0.3) is 11.5 Å². The van der Waals surface area contributed by atoms with Crippen LogP contribution in [0.1, 0.15) is 12.3 Å². The van der Waals surface area contributed by atoms with E-state index in [0.717, 1.165) is 25.1 Å². The number of likely N-dealkylation sites (tertiary alicyclic amines) is 1. The average molecular weight is 244 g/mol. The van der Waals surface area contributed by atoms with E-state index >= 15 is 0 Å². The Morgan fingerprint density at radius 3 is 2.83 bits per heavy atom. The number of aromatic nitrogens is 2. The number of nitrogens with two attached hydrogens (primary N) is 1. The summed E-state index contributed by atoms with van der Waals surface area (Å²) in [6.45, 7) is 2.60. The van der Waals surface area contributed by atoms with Crippen molar-refractivity contribution in [3.63, 3.8) is 0 Å². The molecule has 0 saturated carbocycles. The molecule has 1 aliphatic rings. The van der Waals surface area contributed by atoms with Crippen LogP contribution >= 0.6 is 0 Å². The molecule has 0 spiro atoms. The monoisotopic (exact) mass is 244 g/mol. The first-order valence-corrected chi connectivity index (χ1v) is 6.17. The molecule has 0 bridgehead atoms. The summed E-state index contributed by atoms with van der Waals surface area (Å²) in [7, 11) is 0. The molecular formula is C13H16N4O. The lowest BCUT2D eigenvalue weighted by molar-refractivity contribution is 0.289. The predicted octanol–water partition coefficient (Wildman–Crippen LogP) is 1.27. The molecule has 0 amide bonds. The molecule has 1 aromatic heterocycles. The summed E-state index contributed by atoms with van der Waals surface area (Å²) < 4.78 is 5.66. The minimum Gasteiger partial charge on any atom is -0.419 e. The van der Waals surface area contributed by atoms with E-state index in [9.17, 15) is 0 Å². The van der Waals surface area contributed by atoms with Crippen molar-refractivity contribution in [2.75, 3.05) is 13.1 Å². The molecule has 2 heterocycles. The highest BCUT2D eigenvalue weighted by molar-refractivity contribution is 5.51. The van der Waals surface area contributed by atoms with Gasteiger partial charge in [-0.3, -0.25) is 4.90 Å². The first-order valence-electron chi connectivity index (χ1n) is 6.17. The summed E-state index contributed by atoms with van der Waals surface area (Å²) in [5, 5.41) is 8.15. The van der Waals surface area contributed by atoms with Gasteiger partial charge in [-0.25, -0.2) is 0 Å². The van der Waals surface area contributed by atoms with E-state index in [0.29, 0.717) is 18.3 Å². The molecule has 0 radical (unpaired) electrons. The Morgan fingerprint density at radius 1 is 1.28 bits per heavy atom. The average Bonchev–Trinajstić information content (AvgIpc) is 3.01. The first kappa shape index (κ1) is 11.4. The van der Waals surface area contributed by atoms with Gasteiger partial charge in [-0.05, 0) is 18.6 Å². The molecule has 2 N–H and O–H groups in total. The van der Waals surface area contributed by atoms with E-state index in [2.05, 4.69) is 15.1 Å². The normalized spacial score (nSPS) is 20.4. The second-order valence-corrected chi connectivity index (χ2v) is 4.65. The van der Waals surface area contributed by atoms with Crippen LogP contribution in [-0.2, 0) is 6.54 Å². The Balaban J connectivity index is 1.70. The third kappa shape index (κ3) is 2.42. The van der Waals surface area contributed by atoms with Gasteiger partial charge in [0.2, 0.25) is 11.8 Å². The second-order valence-electron chi connectivity index (χ2n) is 4.65. The molecule has 1 atom stereocenters. The molecule has 3 rings (SSSR count). The predicted molar refractivity (Wildman–Crippen MR) is 67.6 cm³/mol. The van der Waals surface area contributed by atoms with Gasteiger partial charge in [0.05, 0.1) is 6.54 Å².